The van der Waals surface area contributed by atoms with Crippen molar-refractivity contribution >= 4 is 10.0 Å². The van der Waals surface area contributed by atoms with E-state index in [-0.39, 0.29) is 19.9 Å². The van der Waals surface area contributed by atoms with Crippen LogP contribution >= 0.6 is 0 Å². The van der Waals surface area contributed by atoms with Crippen LogP contribution in [0.5, 0.6) is 17.2 Å². The van der Waals surface area contributed by atoms with E-state index in [0.717, 1.165) is 5.56 Å². The van der Waals surface area contributed by atoms with Crippen molar-refractivity contribution in [1.29, 1.82) is 0 Å². The number of fused-ring (bicyclic) bond motifs is 1. The molecule has 1 N–H and O–H groups in total. The van der Waals surface area contributed by atoms with Crippen molar-refractivity contribution < 1.29 is 22.6 Å². The van der Waals surface area contributed by atoms with Crippen LogP contribution in [0, 0.1) is 13.8 Å². The van der Waals surface area contributed by atoms with Gasteiger partial charge in [0.05, 0.1) is 4.90 Å². The van der Waals surface area contributed by atoms with Gasteiger partial charge in [0.15, 0.2) is 11.5 Å². The summed E-state index contributed by atoms with van der Waals surface area (Å²) in [4.78, 5) is 0.297. The third-order valence-corrected chi connectivity index (χ3v) is 5.24. The normalized spacial score (nSPS) is 13.1. The molecule has 2 aromatic carbocycles. The lowest BCUT2D eigenvalue weighted by atomic mass is 10.2. The van der Waals surface area contributed by atoms with Gasteiger partial charge in [-0.1, -0.05) is 12.1 Å². The summed E-state index contributed by atoms with van der Waals surface area (Å²) in [5.74, 6) is 1.91. The summed E-state index contributed by atoms with van der Waals surface area (Å²) in [7, 11) is -3.55. The Balaban J connectivity index is 1.57. The van der Waals surface area contributed by atoms with Gasteiger partial charge in [-0.05, 0) is 43.2 Å². The molecule has 128 valence electrons. The van der Waals surface area contributed by atoms with Gasteiger partial charge in [0.1, 0.15) is 12.4 Å². The van der Waals surface area contributed by atoms with E-state index in [0.29, 0.717) is 27.7 Å². The lowest BCUT2D eigenvalue weighted by Gasteiger charge is -2.11. The summed E-state index contributed by atoms with van der Waals surface area (Å²) >= 11 is 0. The maximum Gasteiger partial charge on any atom is 0.240 e. The standard InChI is InChI=1S/C17H19NO5S/c1-12-3-4-13(2)17(9-12)24(19,20)18-7-8-21-14-5-6-15-16(10-14)23-11-22-15/h3-6,9-10,18H,7-8,11H2,1-2H3. The molecule has 0 radical (unpaired) electrons. The molecule has 1 heterocycles. The molecular formula is C17H19NO5S. The molecule has 0 aromatic heterocycles. The SMILES string of the molecule is Cc1ccc(C)c(S(=O)(=O)NCCOc2ccc3c(c2)OCO3)c1. The predicted octanol–water partition coefficient (Wildman–Crippen LogP) is 2.39. The molecule has 0 spiro atoms. The first-order valence-corrected chi connectivity index (χ1v) is 9.03. The number of ether oxygens (including phenoxy) is 3. The average molecular weight is 349 g/mol. The Kier molecular flexibility index (Phi) is 4.64. The number of rotatable bonds is 6. The van der Waals surface area contributed by atoms with Crippen molar-refractivity contribution in [2.24, 2.45) is 0 Å². The molecule has 0 fully saturated rings. The lowest BCUT2D eigenvalue weighted by Crippen LogP contribution is -2.28. The molecular weight excluding hydrogens is 330 g/mol. The Labute approximate surface area is 141 Å². The molecule has 3 rings (SSSR count). The molecule has 2 aromatic rings. The van der Waals surface area contributed by atoms with Crippen LogP contribution in [0.4, 0.5) is 0 Å². The summed E-state index contributed by atoms with van der Waals surface area (Å²) in [5, 5.41) is 0. The molecule has 0 atom stereocenters. The second kappa shape index (κ2) is 6.70. The van der Waals surface area contributed by atoms with Crippen molar-refractivity contribution in [2.75, 3.05) is 19.9 Å². The van der Waals surface area contributed by atoms with Crippen molar-refractivity contribution in [3.8, 4) is 17.2 Å². The van der Waals surface area contributed by atoms with E-state index < -0.39 is 10.0 Å². The Morgan fingerprint density at radius 1 is 1.08 bits per heavy atom. The van der Waals surface area contributed by atoms with Crippen LogP contribution in [0.15, 0.2) is 41.3 Å². The molecule has 0 unspecified atom stereocenters. The molecule has 0 saturated carbocycles. The van der Waals surface area contributed by atoms with Gasteiger partial charge in [-0.25, -0.2) is 13.1 Å². The third-order valence-electron chi connectivity index (χ3n) is 3.64. The van der Waals surface area contributed by atoms with Gasteiger partial charge in [-0.2, -0.15) is 0 Å². The van der Waals surface area contributed by atoms with Gasteiger partial charge in [-0.15, -0.1) is 0 Å². The zero-order chi connectivity index (χ0) is 17.2. The van der Waals surface area contributed by atoms with Crippen LogP contribution in [0.2, 0.25) is 0 Å². The van der Waals surface area contributed by atoms with Crippen molar-refractivity contribution in [2.45, 2.75) is 18.7 Å². The molecule has 0 saturated heterocycles. The number of hydrogen-bond acceptors (Lipinski definition) is 5. The van der Waals surface area contributed by atoms with Gasteiger partial charge >= 0.3 is 0 Å². The van der Waals surface area contributed by atoms with Crippen LogP contribution in [0.25, 0.3) is 0 Å². The Morgan fingerprint density at radius 2 is 1.88 bits per heavy atom. The third kappa shape index (κ3) is 3.63. The highest BCUT2D eigenvalue weighted by atomic mass is 32.2. The van der Waals surface area contributed by atoms with Gasteiger partial charge in [0.25, 0.3) is 0 Å². The van der Waals surface area contributed by atoms with E-state index in [4.69, 9.17) is 14.2 Å². The van der Waals surface area contributed by atoms with Crippen LogP contribution < -0.4 is 18.9 Å². The largest absolute Gasteiger partial charge is 0.492 e. The van der Waals surface area contributed by atoms with Gasteiger partial charge in [-0.3, -0.25) is 0 Å². The van der Waals surface area contributed by atoms with Crippen LogP contribution in [0.3, 0.4) is 0 Å². The number of benzene rings is 2. The van der Waals surface area contributed by atoms with Crippen LogP contribution in [-0.2, 0) is 10.0 Å². The van der Waals surface area contributed by atoms with E-state index in [1.807, 2.05) is 13.0 Å². The number of hydrogen-bond donors (Lipinski definition) is 1. The quantitative estimate of drug-likeness (QED) is 0.811. The topological polar surface area (TPSA) is 73.9 Å². The highest BCUT2D eigenvalue weighted by Crippen LogP contribution is 2.34. The van der Waals surface area contributed by atoms with Gasteiger partial charge in [0, 0.05) is 12.6 Å². The van der Waals surface area contributed by atoms with Crippen LogP contribution in [-0.4, -0.2) is 28.4 Å². The molecule has 0 bridgehead atoms. The summed E-state index contributed by atoms with van der Waals surface area (Å²) < 4.78 is 43.3. The second-order valence-electron chi connectivity index (χ2n) is 5.53. The fourth-order valence-electron chi connectivity index (χ4n) is 2.39. The molecule has 1 aliphatic heterocycles. The van der Waals surface area contributed by atoms with Crippen molar-refractivity contribution in [1.82, 2.24) is 4.72 Å². The summed E-state index contributed by atoms with van der Waals surface area (Å²) in [5.41, 5.74) is 1.61. The van der Waals surface area contributed by atoms with Gasteiger partial charge < -0.3 is 14.2 Å². The molecule has 24 heavy (non-hydrogen) atoms. The molecule has 0 amide bonds. The summed E-state index contributed by atoms with van der Waals surface area (Å²) in [6.07, 6.45) is 0. The minimum absolute atomic E-state index is 0.171. The van der Waals surface area contributed by atoms with E-state index in [1.165, 1.54) is 0 Å². The minimum atomic E-state index is -3.55. The number of sulfonamides is 1. The van der Waals surface area contributed by atoms with E-state index in [1.54, 1.807) is 37.3 Å². The Bertz CT molecular complexity index is 848. The first-order valence-electron chi connectivity index (χ1n) is 7.55. The zero-order valence-electron chi connectivity index (χ0n) is 13.5. The van der Waals surface area contributed by atoms with E-state index in [2.05, 4.69) is 4.72 Å². The van der Waals surface area contributed by atoms with E-state index >= 15 is 0 Å². The summed E-state index contributed by atoms with van der Waals surface area (Å²) in [6.45, 7) is 4.22. The van der Waals surface area contributed by atoms with Crippen LogP contribution in [0.1, 0.15) is 11.1 Å². The number of aryl methyl sites for hydroxylation is 2. The summed E-state index contributed by atoms with van der Waals surface area (Å²) in [6, 6.07) is 10.6. The second-order valence-corrected chi connectivity index (χ2v) is 7.27. The fraction of sp³-hybridized carbons (Fsp3) is 0.294. The first kappa shape index (κ1) is 16.6. The monoisotopic (exact) mass is 349 g/mol. The average Bonchev–Trinajstić information content (AvgIpc) is 3.01. The highest BCUT2D eigenvalue weighted by molar-refractivity contribution is 7.89. The number of nitrogens with one attached hydrogen (secondary N) is 1. The first-order chi connectivity index (χ1) is 11.5. The lowest BCUT2D eigenvalue weighted by molar-refractivity contribution is 0.173. The van der Waals surface area contributed by atoms with E-state index in [9.17, 15) is 8.42 Å². The maximum absolute atomic E-state index is 12.4. The smallest absolute Gasteiger partial charge is 0.240 e. The zero-order valence-corrected chi connectivity index (χ0v) is 14.4. The Morgan fingerprint density at radius 3 is 2.71 bits per heavy atom. The molecule has 7 heteroatoms. The predicted molar refractivity (Wildman–Crippen MR) is 89.2 cm³/mol. The maximum atomic E-state index is 12.4. The highest BCUT2D eigenvalue weighted by Gasteiger charge is 2.17. The van der Waals surface area contributed by atoms with Crippen molar-refractivity contribution in [3.05, 3.63) is 47.5 Å². The molecule has 1 aliphatic rings. The fourth-order valence-corrected chi connectivity index (χ4v) is 3.73. The van der Waals surface area contributed by atoms with Crippen molar-refractivity contribution in [3.63, 3.8) is 0 Å². The Hall–Kier alpha value is -2.25. The minimum Gasteiger partial charge on any atom is -0.492 e. The van der Waals surface area contributed by atoms with Gasteiger partial charge in [0.2, 0.25) is 16.8 Å². The molecule has 0 aliphatic carbocycles. The molecule has 6 nitrogen and oxygen atoms in total.